The van der Waals surface area contributed by atoms with E-state index in [1.165, 1.54) is 18.2 Å². The van der Waals surface area contributed by atoms with Crippen molar-refractivity contribution >= 4 is 17.5 Å². The fourth-order valence-electron chi connectivity index (χ4n) is 2.94. The van der Waals surface area contributed by atoms with E-state index < -0.39 is 11.9 Å². The molecule has 1 atom stereocenters. The molecule has 1 heterocycles. The van der Waals surface area contributed by atoms with E-state index in [1.807, 2.05) is 19.1 Å². The second kappa shape index (κ2) is 6.83. The molecule has 0 spiro atoms. The Morgan fingerprint density at radius 3 is 2.62 bits per heavy atom. The molecule has 1 saturated heterocycles. The SMILES string of the molecule is Cc1ccc(C(=O)N2CCC[C@@H]2C(=O)Nc2cccc(F)c2)cc1. The standard InChI is InChI=1S/C19H19FN2O2/c1-13-7-9-14(10-8-13)19(24)22-11-3-6-17(22)18(23)21-16-5-2-4-15(20)12-16/h2,4-5,7-10,12,17H,3,6,11H2,1H3,(H,21,23)/t17-/m1/s1. The first kappa shape index (κ1) is 16.2. The molecule has 3 rings (SSSR count). The predicted molar refractivity (Wildman–Crippen MR) is 90.3 cm³/mol. The van der Waals surface area contributed by atoms with Gasteiger partial charge in [0, 0.05) is 17.8 Å². The van der Waals surface area contributed by atoms with Gasteiger partial charge in [-0.25, -0.2) is 4.39 Å². The minimum Gasteiger partial charge on any atom is -0.327 e. The third-order valence-corrected chi connectivity index (χ3v) is 4.21. The number of carbonyl (C=O) groups excluding carboxylic acids is 2. The molecule has 24 heavy (non-hydrogen) atoms. The number of amides is 2. The lowest BCUT2D eigenvalue weighted by Gasteiger charge is -2.24. The molecule has 1 aliphatic heterocycles. The van der Waals surface area contributed by atoms with Crippen LogP contribution in [0.25, 0.3) is 0 Å². The lowest BCUT2D eigenvalue weighted by Crippen LogP contribution is -2.43. The van der Waals surface area contributed by atoms with Gasteiger partial charge in [-0.1, -0.05) is 23.8 Å². The second-order valence-corrected chi connectivity index (χ2v) is 6.02. The molecule has 2 aromatic carbocycles. The van der Waals surface area contributed by atoms with Crippen LogP contribution in [0.15, 0.2) is 48.5 Å². The van der Waals surface area contributed by atoms with Crippen LogP contribution in [0.4, 0.5) is 10.1 Å². The predicted octanol–water partition coefficient (Wildman–Crippen LogP) is 3.38. The summed E-state index contributed by atoms with van der Waals surface area (Å²) in [6, 6.07) is 12.5. The number of aryl methyl sites for hydroxylation is 1. The first-order chi connectivity index (χ1) is 11.5. The number of anilines is 1. The van der Waals surface area contributed by atoms with Gasteiger partial charge in [-0.3, -0.25) is 9.59 Å². The summed E-state index contributed by atoms with van der Waals surface area (Å²) in [4.78, 5) is 26.8. The van der Waals surface area contributed by atoms with E-state index in [-0.39, 0.29) is 11.8 Å². The van der Waals surface area contributed by atoms with Gasteiger partial charge in [-0.05, 0) is 50.1 Å². The Balaban J connectivity index is 1.73. The van der Waals surface area contributed by atoms with Crippen molar-refractivity contribution in [2.75, 3.05) is 11.9 Å². The molecular formula is C19H19FN2O2. The Bertz CT molecular complexity index is 758. The van der Waals surface area contributed by atoms with E-state index in [0.29, 0.717) is 24.2 Å². The van der Waals surface area contributed by atoms with Crippen LogP contribution in [0.3, 0.4) is 0 Å². The Morgan fingerprint density at radius 1 is 1.17 bits per heavy atom. The van der Waals surface area contributed by atoms with Gasteiger partial charge in [0.2, 0.25) is 5.91 Å². The zero-order valence-corrected chi connectivity index (χ0v) is 13.5. The average molecular weight is 326 g/mol. The van der Waals surface area contributed by atoms with Crippen molar-refractivity contribution < 1.29 is 14.0 Å². The van der Waals surface area contributed by atoms with E-state index in [9.17, 15) is 14.0 Å². The van der Waals surface area contributed by atoms with Gasteiger partial charge in [0.15, 0.2) is 0 Å². The molecule has 0 aliphatic carbocycles. The van der Waals surface area contributed by atoms with E-state index in [1.54, 1.807) is 23.1 Å². The van der Waals surface area contributed by atoms with Crippen molar-refractivity contribution in [1.29, 1.82) is 0 Å². The number of carbonyl (C=O) groups is 2. The third-order valence-electron chi connectivity index (χ3n) is 4.21. The molecule has 1 N–H and O–H groups in total. The van der Waals surface area contributed by atoms with Crippen molar-refractivity contribution in [3.8, 4) is 0 Å². The maximum Gasteiger partial charge on any atom is 0.254 e. The molecular weight excluding hydrogens is 307 g/mol. The highest BCUT2D eigenvalue weighted by Crippen LogP contribution is 2.22. The number of benzene rings is 2. The van der Waals surface area contributed by atoms with Gasteiger partial charge in [-0.2, -0.15) is 0 Å². The smallest absolute Gasteiger partial charge is 0.254 e. The van der Waals surface area contributed by atoms with E-state index in [0.717, 1.165) is 12.0 Å². The van der Waals surface area contributed by atoms with Gasteiger partial charge >= 0.3 is 0 Å². The number of hydrogen-bond donors (Lipinski definition) is 1. The highest BCUT2D eigenvalue weighted by molar-refractivity contribution is 6.01. The Hall–Kier alpha value is -2.69. The topological polar surface area (TPSA) is 49.4 Å². The van der Waals surface area contributed by atoms with Crippen LogP contribution in [0.2, 0.25) is 0 Å². The summed E-state index contributed by atoms with van der Waals surface area (Å²) in [7, 11) is 0. The van der Waals surface area contributed by atoms with Gasteiger partial charge in [0.05, 0.1) is 0 Å². The molecule has 4 nitrogen and oxygen atoms in total. The zero-order valence-electron chi connectivity index (χ0n) is 13.5. The van der Waals surface area contributed by atoms with Crippen LogP contribution >= 0.6 is 0 Å². The van der Waals surface area contributed by atoms with E-state index in [4.69, 9.17) is 0 Å². The molecule has 1 aliphatic rings. The monoisotopic (exact) mass is 326 g/mol. The first-order valence-corrected chi connectivity index (χ1v) is 7.98. The third kappa shape index (κ3) is 3.45. The highest BCUT2D eigenvalue weighted by Gasteiger charge is 2.34. The Morgan fingerprint density at radius 2 is 1.92 bits per heavy atom. The molecule has 0 saturated carbocycles. The number of nitrogens with zero attached hydrogens (tertiary/aromatic N) is 1. The molecule has 0 aromatic heterocycles. The average Bonchev–Trinajstić information content (AvgIpc) is 3.04. The summed E-state index contributed by atoms with van der Waals surface area (Å²) in [5.74, 6) is -0.836. The number of likely N-dealkylation sites (tertiary alicyclic amines) is 1. The van der Waals surface area contributed by atoms with Gasteiger partial charge < -0.3 is 10.2 Å². The van der Waals surface area contributed by atoms with Crippen LogP contribution in [0, 0.1) is 12.7 Å². The first-order valence-electron chi connectivity index (χ1n) is 7.98. The largest absolute Gasteiger partial charge is 0.327 e. The molecule has 1 fully saturated rings. The molecule has 0 unspecified atom stereocenters. The summed E-state index contributed by atoms with van der Waals surface area (Å²) in [6.45, 7) is 2.51. The Labute approximate surface area is 140 Å². The molecule has 0 bridgehead atoms. The van der Waals surface area contributed by atoms with Crippen LogP contribution in [0.1, 0.15) is 28.8 Å². The van der Waals surface area contributed by atoms with Crippen molar-refractivity contribution in [1.82, 2.24) is 4.90 Å². The maximum atomic E-state index is 13.2. The maximum absolute atomic E-state index is 13.2. The van der Waals surface area contributed by atoms with E-state index in [2.05, 4.69) is 5.32 Å². The second-order valence-electron chi connectivity index (χ2n) is 6.02. The molecule has 2 aromatic rings. The Kier molecular flexibility index (Phi) is 4.60. The van der Waals surface area contributed by atoms with Crippen molar-refractivity contribution in [2.45, 2.75) is 25.8 Å². The van der Waals surface area contributed by atoms with Gasteiger partial charge in [0.1, 0.15) is 11.9 Å². The van der Waals surface area contributed by atoms with Crippen LogP contribution in [-0.2, 0) is 4.79 Å². The van der Waals surface area contributed by atoms with Crippen molar-refractivity contribution in [2.24, 2.45) is 0 Å². The number of halogens is 1. The van der Waals surface area contributed by atoms with Crippen LogP contribution in [0.5, 0.6) is 0 Å². The minimum atomic E-state index is -0.526. The normalized spacial score (nSPS) is 16.9. The molecule has 2 amide bonds. The van der Waals surface area contributed by atoms with E-state index >= 15 is 0 Å². The highest BCUT2D eigenvalue weighted by atomic mass is 19.1. The fraction of sp³-hybridized carbons (Fsp3) is 0.263. The van der Waals surface area contributed by atoms with Crippen LogP contribution < -0.4 is 5.32 Å². The van der Waals surface area contributed by atoms with Crippen molar-refractivity contribution in [3.63, 3.8) is 0 Å². The summed E-state index contributed by atoms with van der Waals surface area (Å²) in [5.41, 5.74) is 2.05. The van der Waals surface area contributed by atoms with Gasteiger partial charge in [0.25, 0.3) is 5.91 Å². The molecule has 0 radical (unpaired) electrons. The number of rotatable bonds is 3. The number of hydrogen-bond acceptors (Lipinski definition) is 2. The molecule has 5 heteroatoms. The quantitative estimate of drug-likeness (QED) is 0.940. The summed E-state index contributed by atoms with van der Waals surface area (Å²) in [6.07, 6.45) is 1.39. The van der Waals surface area contributed by atoms with Crippen molar-refractivity contribution in [3.05, 3.63) is 65.5 Å². The molecule has 124 valence electrons. The van der Waals surface area contributed by atoms with Crippen LogP contribution in [-0.4, -0.2) is 29.3 Å². The van der Waals surface area contributed by atoms with Gasteiger partial charge in [-0.15, -0.1) is 0 Å². The summed E-state index contributed by atoms with van der Waals surface area (Å²) < 4.78 is 13.2. The minimum absolute atomic E-state index is 0.146. The fourth-order valence-corrected chi connectivity index (χ4v) is 2.94. The lowest BCUT2D eigenvalue weighted by atomic mass is 10.1. The summed E-state index contributed by atoms with van der Waals surface area (Å²) in [5, 5.41) is 2.70. The zero-order chi connectivity index (χ0) is 17.1. The summed E-state index contributed by atoms with van der Waals surface area (Å²) >= 11 is 0. The number of nitrogens with one attached hydrogen (secondary N) is 1. The lowest BCUT2D eigenvalue weighted by molar-refractivity contribution is -0.119.